The van der Waals surface area contributed by atoms with Gasteiger partial charge in [0.25, 0.3) is 0 Å². The van der Waals surface area contributed by atoms with E-state index in [4.69, 9.17) is 0 Å². The van der Waals surface area contributed by atoms with Crippen molar-refractivity contribution < 1.29 is 10.2 Å². The molecule has 2 aliphatic rings. The van der Waals surface area contributed by atoms with Crippen LogP contribution >= 0.6 is 28.3 Å². The number of hydrogen-bond donors (Lipinski definition) is 3. The summed E-state index contributed by atoms with van der Waals surface area (Å²) in [4.78, 5) is 1.41. The Balaban J connectivity index is 0.00000121. The van der Waals surface area contributed by atoms with Gasteiger partial charge in [-0.05, 0) is 53.1 Å². The van der Waals surface area contributed by atoms with Crippen LogP contribution < -0.4 is 5.32 Å². The highest BCUT2D eigenvalue weighted by atomic mass is 79.9. The van der Waals surface area contributed by atoms with Crippen LogP contribution in [0.25, 0.3) is 0 Å². The molecule has 0 bridgehead atoms. The molecule has 0 saturated carbocycles. The molecule has 0 unspecified atom stereocenters. The van der Waals surface area contributed by atoms with Crippen LogP contribution in [0.15, 0.2) is 23.6 Å². The van der Waals surface area contributed by atoms with E-state index in [1.165, 1.54) is 21.6 Å². The number of nitrogens with one attached hydrogen (secondary N) is 1. The Kier molecular flexibility index (Phi) is 3.52. The van der Waals surface area contributed by atoms with E-state index in [0.29, 0.717) is 12.0 Å². The number of aromatic hydroxyl groups is 2. The highest BCUT2D eigenvalue weighted by Gasteiger charge is 2.36. The molecule has 2 aromatic rings. The predicted molar refractivity (Wildman–Crippen MR) is 85.2 cm³/mol. The topological polar surface area (TPSA) is 52.5 Å². The van der Waals surface area contributed by atoms with Crippen LogP contribution in [0.5, 0.6) is 11.5 Å². The van der Waals surface area contributed by atoms with E-state index in [0.717, 1.165) is 19.4 Å². The highest BCUT2D eigenvalue weighted by Crippen LogP contribution is 2.45. The first kappa shape index (κ1) is 13.9. The van der Waals surface area contributed by atoms with E-state index < -0.39 is 0 Å². The Bertz CT molecular complexity index is 655. The van der Waals surface area contributed by atoms with Crippen LogP contribution in [-0.2, 0) is 13.0 Å². The molecule has 0 saturated heterocycles. The Morgan fingerprint density at radius 1 is 1.15 bits per heavy atom. The summed E-state index contributed by atoms with van der Waals surface area (Å²) in [5.41, 5.74) is 3.70. The van der Waals surface area contributed by atoms with Gasteiger partial charge < -0.3 is 15.5 Å². The predicted octanol–water partition coefficient (Wildman–Crippen LogP) is 3.29. The van der Waals surface area contributed by atoms with Crippen molar-refractivity contribution in [1.29, 1.82) is 0 Å². The van der Waals surface area contributed by atoms with Crippen molar-refractivity contribution in [3.8, 4) is 11.5 Å². The monoisotopic (exact) mass is 353 g/mol. The lowest BCUT2D eigenvalue weighted by Crippen LogP contribution is -2.41. The minimum Gasteiger partial charge on any atom is -0.504 e. The van der Waals surface area contributed by atoms with Gasteiger partial charge in [-0.3, -0.25) is 0 Å². The molecule has 20 heavy (non-hydrogen) atoms. The molecular formula is C15H16BrNO2S. The molecule has 3 nitrogen and oxygen atoms in total. The summed E-state index contributed by atoms with van der Waals surface area (Å²) in [5, 5.41) is 25.2. The van der Waals surface area contributed by atoms with Crippen molar-refractivity contribution in [3.63, 3.8) is 0 Å². The number of halogens is 1. The smallest absolute Gasteiger partial charge is 0.157 e. The van der Waals surface area contributed by atoms with Crippen molar-refractivity contribution in [3.05, 3.63) is 45.1 Å². The number of phenols is 2. The molecule has 1 aromatic heterocycles. The Labute approximate surface area is 132 Å². The van der Waals surface area contributed by atoms with E-state index in [-0.39, 0.29) is 28.5 Å². The van der Waals surface area contributed by atoms with Gasteiger partial charge in [0.05, 0.1) is 0 Å². The van der Waals surface area contributed by atoms with Gasteiger partial charge in [-0.2, -0.15) is 0 Å². The lowest BCUT2D eigenvalue weighted by Gasteiger charge is -2.38. The molecule has 2 atom stereocenters. The second-order valence-corrected chi connectivity index (χ2v) is 6.30. The van der Waals surface area contributed by atoms with Crippen molar-refractivity contribution >= 4 is 28.3 Å². The van der Waals surface area contributed by atoms with E-state index in [1.54, 1.807) is 23.5 Å². The standard InChI is InChI=1S/C15H15NO2S.BrH/c17-12-5-8-1-2-11-14(10(8)6-13(12)18)15-9(7-16-11)3-4-19-15;/h3-6,11,14,16-18H,1-2,7H2;1H/t11-,14-;/m1./s1. The van der Waals surface area contributed by atoms with Crippen molar-refractivity contribution in [2.24, 2.45) is 0 Å². The number of hydrogen-bond acceptors (Lipinski definition) is 4. The summed E-state index contributed by atoms with van der Waals surface area (Å²) in [6.45, 7) is 0.944. The Morgan fingerprint density at radius 2 is 1.95 bits per heavy atom. The zero-order valence-corrected chi connectivity index (χ0v) is 13.3. The van der Waals surface area contributed by atoms with Gasteiger partial charge in [0.1, 0.15) is 0 Å². The number of fused-ring (bicyclic) bond motifs is 5. The van der Waals surface area contributed by atoms with E-state index >= 15 is 0 Å². The maximum Gasteiger partial charge on any atom is 0.157 e. The average molecular weight is 354 g/mol. The van der Waals surface area contributed by atoms with Crippen molar-refractivity contribution in [2.45, 2.75) is 31.3 Å². The first-order chi connectivity index (χ1) is 9.24. The molecule has 1 aliphatic heterocycles. The number of rotatable bonds is 0. The minimum atomic E-state index is -0.0110. The summed E-state index contributed by atoms with van der Waals surface area (Å²) < 4.78 is 0. The van der Waals surface area contributed by atoms with E-state index in [2.05, 4.69) is 16.8 Å². The molecule has 0 radical (unpaired) electrons. The lowest BCUT2D eigenvalue weighted by atomic mass is 9.75. The summed E-state index contributed by atoms with van der Waals surface area (Å²) >= 11 is 1.80. The maximum absolute atomic E-state index is 9.80. The third kappa shape index (κ3) is 1.96. The van der Waals surface area contributed by atoms with Crippen LogP contribution in [0.1, 0.15) is 33.9 Å². The fourth-order valence-electron chi connectivity index (χ4n) is 3.39. The fourth-order valence-corrected chi connectivity index (χ4v) is 4.50. The molecule has 1 aromatic carbocycles. The zero-order chi connectivity index (χ0) is 13.0. The van der Waals surface area contributed by atoms with Crippen LogP contribution in [0, 0.1) is 0 Å². The number of aryl methyl sites for hydroxylation is 1. The third-order valence-corrected chi connectivity index (χ3v) is 5.36. The van der Waals surface area contributed by atoms with Crippen LogP contribution in [0.4, 0.5) is 0 Å². The second kappa shape index (κ2) is 5.06. The summed E-state index contributed by atoms with van der Waals surface area (Å²) in [6.07, 6.45) is 2.04. The van der Waals surface area contributed by atoms with E-state index in [9.17, 15) is 10.2 Å². The first-order valence-electron chi connectivity index (χ1n) is 6.58. The second-order valence-electron chi connectivity index (χ2n) is 5.35. The van der Waals surface area contributed by atoms with Crippen molar-refractivity contribution in [1.82, 2.24) is 5.32 Å². The largest absolute Gasteiger partial charge is 0.504 e. The molecule has 0 amide bonds. The first-order valence-corrected chi connectivity index (χ1v) is 7.46. The van der Waals surface area contributed by atoms with Gasteiger partial charge in [-0.15, -0.1) is 28.3 Å². The minimum absolute atomic E-state index is 0. The Morgan fingerprint density at radius 3 is 2.80 bits per heavy atom. The molecule has 0 spiro atoms. The summed E-state index contributed by atoms with van der Waals surface area (Å²) in [5.74, 6) is 0.300. The molecular weight excluding hydrogens is 338 g/mol. The quantitative estimate of drug-likeness (QED) is 0.637. The van der Waals surface area contributed by atoms with Gasteiger partial charge in [0, 0.05) is 23.4 Å². The molecule has 0 fully saturated rings. The van der Waals surface area contributed by atoms with Crippen molar-refractivity contribution in [2.75, 3.05) is 0 Å². The van der Waals surface area contributed by atoms with Crippen LogP contribution in [0.3, 0.4) is 0 Å². The lowest BCUT2D eigenvalue weighted by molar-refractivity contribution is 0.383. The van der Waals surface area contributed by atoms with Crippen LogP contribution in [0.2, 0.25) is 0 Å². The average Bonchev–Trinajstić information content (AvgIpc) is 2.88. The maximum atomic E-state index is 9.80. The molecule has 4 rings (SSSR count). The molecule has 2 heterocycles. The normalized spacial score (nSPS) is 23.2. The summed E-state index contributed by atoms with van der Waals surface area (Å²) in [7, 11) is 0. The molecule has 5 heteroatoms. The highest BCUT2D eigenvalue weighted by molar-refractivity contribution is 8.93. The van der Waals surface area contributed by atoms with Gasteiger partial charge in [0.15, 0.2) is 11.5 Å². The van der Waals surface area contributed by atoms with E-state index in [1.807, 2.05) is 0 Å². The SMILES string of the molecule is Br.Oc1cc2c(cc1O)[C@H]1c3sccc3CN[C@@H]1CC2. The van der Waals surface area contributed by atoms with Gasteiger partial charge >= 0.3 is 0 Å². The van der Waals surface area contributed by atoms with Gasteiger partial charge in [-0.1, -0.05) is 0 Å². The summed E-state index contributed by atoms with van der Waals surface area (Å²) in [6, 6.07) is 6.10. The number of phenolic OH excluding ortho intramolecular Hbond substituents is 2. The van der Waals surface area contributed by atoms with Gasteiger partial charge in [-0.25, -0.2) is 0 Å². The molecule has 106 valence electrons. The fraction of sp³-hybridized carbons (Fsp3) is 0.333. The number of thiophene rings is 1. The zero-order valence-electron chi connectivity index (χ0n) is 10.8. The molecule has 3 N–H and O–H groups in total. The third-order valence-electron chi connectivity index (χ3n) is 4.32. The molecule has 1 aliphatic carbocycles. The van der Waals surface area contributed by atoms with Crippen LogP contribution in [-0.4, -0.2) is 16.3 Å². The van der Waals surface area contributed by atoms with Gasteiger partial charge in [0.2, 0.25) is 0 Å². The number of benzene rings is 1. The Hall–Kier alpha value is -1.04.